The third-order valence-electron chi connectivity index (χ3n) is 2.67. The van der Waals surface area contributed by atoms with Gasteiger partial charge in [-0.2, -0.15) is 4.37 Å². The summed E-state index contributed by atoms with van der Waals surface area (Å²) >= 11 is 0.973. The molecule has 0 aliphatic rings. The summed E-state index contributed by atoms with van der Waals surface area (Å²) in [6, 6.07) is 0. The first-order chi connectivity index (χ1) is 9.02. The standard InChI is InChI=1S/C12H20N4O2S/c1-4-6-7-16(3)12(18)10-8(13)9(15-19-10)11(17)14-5-2/h4-7,13H2,1-3H3,(H,14,17). The van der Waals surface area contributed by atoms with Gasteiger partial charge in [0.25, 0.3) is 11.8 Å². The molecule has 1 heterocycles. The smallest absolute Gasteiger partial charge is 0.273 e. The molecule has 0 aliphatic heterocycles. The van der Waals surface area contributed by atoms with Crippen LogP contribution in [0, 0.1) is 0 Å². The van der Waals surface area contributed by atoms with Gasteiger partial charge in [-0.3, -0.25) is 9.59 Å². The largest absolute Gasteiger partial charge is 0.395 e. The average molecular weight is 284 g/mol. The van der Waals surface area contributed by atoms with E-state index in [1.165, 1.54) is 0 Å². The zero-order valence-corrected chi connectivity index (χ0v) is 12.3. The Hall–Kier alpha value is -1.63. The van der Waals surface area contributed by atoms with Crippen LogP contribution in [0.4, 0.5) is 5.69 Å². The fourth-order valence-corrected chi connectivity index (χ4v) is 2.32. The van der Waals surface area contributed by atoms with Crippen LogP contribution in [0.5, 0.6) is 0 Å². The molecule has 0 bridgehead atoms. The van der Waals surface area contributed by atoms with E-state index in [4.69, 9.17) is 5.73 Å². The Labute approximate surface area is 117 Å². The van der Waals surface area contributed by atoms with Crippen LogP contribution in [0.1, 0.15) is 46.8 Å². The number of nitrogens with one attached hydrogen (secondary N) is 1. The minimum atomic E-state index is -0.341. The first-order valence-electron chi connectivity index (χ1n) is 6.31. The van der Waals surface area contributed by atoms with Gasteiger partial charge in [-0.25, -0.2) is 0 Å². The predicted octanol–water partition coefficient (Wildman–Crippen LogP) is 1.35. The van der Waals surface area contributed by atoms with Crippen molar-refractivity contribution < 1.29 is 9.59 Å². The normalized spacial score (nSPS) is 10.3. The molecule has 0 saturated carbocycles. The van der Waals surface area contributed by atoms with Crippen LogP contribution < -0.4 is 11.1 Å². The number of nitrogens with zero attached hydrogens (tertiary/aromatic N) is 2. The van der Waals surface area contributed by atoms with Crippen molar-refractivity contribution in [2.24, 2.45) is 0 Å². The molecule has 2 amide bonds. The Kier molecular flexibility index (Phi) is 5.75. The van der Waals surface area contributed by atoms with Crippen LogP contribution in [0.3, 0.4) is 0 Å². The molecule has 1 rings (SSSR count). The van der Waals surface area contributed by atoms with Gasteiger partial charge in [0, 0.05) is 20.1 Å². The van der Waals surface area contributed by atoms with Crippen LogP contribution >= 0.6 is 11.5 Å². The molecular weight excluding hydrogens is 264 g/mol. The maximum Gasteiger partial charge on any atom is 0.273 e. The van der Waals surface area contributed by atoms with Gasteiger partial charge in [0.2, 0.25) is 0 Å². The fourth-order valence-electron chi connectivity index (χ4n) is 1.53. The lowest BCUT2D eigenvalue weighted by Gasteiger charge is -2.15. The van der Waals surface area contributed by atoms with Gasteiger partial charge >= 0.3 is 0 Å². The van der Waals surface area contributed by atoms with Crippen molar-refractivity contribution in [3.63, 3.8) is 0 Å². The Morgan fingerprint density at radius 3 is 2.68 bits per heavy atom. The maximum absolute atomic E-state index is 12.1. The van der Waals surface area contributed by atoms with Gasteiger partial charge in [-0.05, 0) is 24.9 Å². The van der Waals surface area contributed by atoms with E-state index < -0.39 is 0 Å². The van der Waals surface area contributed by atoms with E-state index in [0.717, 1.165) is 24.4 Å². The lowest BCUT2D eigenvalue weighted by Crippen LogP contribution is -2.28. The van der Waals surface area contributed by atoms with E-state index in [0.29, 0.717) is 18.0 Å². The highest BCUT2D eigenvalue weighted by Gasteiger charge is 2.23. The molecule has 106 valence electrons. The maximum atomic E-state index is 12.1. The van der Waals surface area contributed by atoms with Crippen molar-refractivity contribution in [2.75, 3.05) is 25.9 Å². The molecular formula is C12H20N4O2S. The summed E-state index contributed by atoms with van der Waals surface area (Å²) in [7, 11) is 1.73. The first kappa shape index (κ1) is 15.4. The summed E-state index contributed by atoms with van der Waals surface area (Å²) in [6.07, 6.45) is 1.95. The quantitative estimate of drug-likeness (QED) is 0.825. The number of anilines is 1. The van der Waals surface area contributed by atoms with E-state index >= 15 is 0 Å². The number of aromatic nitrogens is 1. The van der Waals surface area contributed by atoms with Gasteiger partial charge in [0.1, 0.15) is 4.88 Å². The van der Waals surface area contributed by atoms with Gasteiger partial charge in [-0.1, -0.05) is 13.3 Å². The van der Waals surface area contributed by atoms with E-state index in [1.807, 2.05) is 6.92 Å². The number of nitrogens with two attached hydrogens (primary N) is 1. The molecule has 1 aromatic heterocycles. The van der Waals surface area contributed by atoms with Crippen molar-refractivity contribution in [3.8, 4) is 0 Å². The second-order valence-electron chi connectivity index (χ2n) is 4.21. The van der Waals surface area contributed by atoms with Crippen molar-refractivity contribution in [2.45, 2.75) is 26.7 Å². The predicted molar refractivity (Wildman–Crippen MR) is 76.4 cm³/mol. The number of rotatable bonds is 6. The Bertz CT molecular complexity index is 459. The van der Waals surface area contributed by atoms with Crippen LogP contribution in [0.25, 0.3) is 0 Å². The zero-order chi connectivity index (χ0) is 14.4. The van der Waals surface area contributed by atoms with Gasteiger partial charge < -0.3 is 16.0 Å². The summed E-state index contributed by atoms with van der Waals surface area (Å²) in [5, 5.41) is 2.62. The third kappa shape index (κ3) is 3.66. The molecule has 0 aliphatic carbocycles. The van der Waals surface area contributed by atoms with E-state index in [1.54, 1.807) is 11.9 Å². The lowest BCUT2D eigenvalue weighted by molar-refractivity contribution is 0.0799. The molecule has 19 heavy (non-hydrogen) atoms. The van der Waals surface area contributed by atoms with Gasteiger partial charge in [0.15, 0.2) is 5.69 Å². The summed E-state index contributed by atoms with van der Waals surface area (Å²) in [5.74, 6) is -0.523. The van der Waals surface area contributed by atoms with Crippen LogP contribution in [-0.4, -0.2) is 41.2 Å². The van der Waals surface area contributed by atoms with E-state index in [2.05, 4.69) is 16.6 Å². The number of unbranched alkanes of at least 4 members (excludes halogenated alkanes) is 1. The number of carbonyl (C=O) groups excluding carboxylic acids is 2. The average Bonchev–Trinajstić information content (AvgIpc) is 2.77. The van der Waals surface area contributed by atoms with Crippen molar-refractivity contribution in [3.05, 3.63) is 10.6 Å². The molecule has 0 saturated heterocycles. The molecule has 0 radical (unpaired) electrons. The minimum absolute atomic E-state index is 0.138. The number of carbonyl (C=O) groups is 2. The topological polar surface area (TPSA) is 88.3 Å². The van der Waals surface area contributed by atoms with Gasteiger partial charge in [0.05, 0.1) is 5.69 Å². The molecule has 0 fully saturated rings. The second kappa shape index (κ2) is 7.08. The number of amides is 2. The zero-order valence-electron chi connectivity index (χ0n) is 11.5. The summed E-state index contributed by atoms with van der Waals surface area (Å²) in [6.45, 7) is 5.04. The Morgan fingerprint density at radius 1 is 1.42 bits per heavy atom. The van der Waals surface area contributed by atoms with Crippen LogP contribution in [0.2, 0.25) is 0 Å². The van der Waals surface area contributed by atoms with Crippen molar-refractivity contribution in [1.29, 1.82) is 0 Å². The molecule has 0 aromatic carbocycles. The van der Waals surface area contributed by atoms with E-state index in [-0.39, 0.29) is 23.2 Å². The second-order valence-corrected chi connectivity index (χ2v) is 4.99. The molecule has 0 atom stereocenters. The molecule has 6 nitrogen and oxygen atoms in total. The third-order valence-corrected chi connectivity index (χ3v) is 3.52. The SMILES string of the molecule is CCCCN(C)C(=O)c1snc(C(=O)NCC)c1N. The first-order valence-corrected chi connectivity index (χ1v) is 7.09. The summed E-state index contributed by atoms with van der Waals surface area (Å²) in [4.78, 5) is 25.8. The lowest BCUT2D eigenvalue weighted by atomic mass is 10.2. The molecule has 1 aromatic rings. The highest BCUT2D eigenvalue weighted by Crippen LogP contribution is 2.23. The van der Waals surface area contributed by atoms with E-state index in [9.17, 15) is 9.59 Å². The van der Waals surface area contributed by atoms with Crippen LogP contribution in [0.15, 0.2) is 0 Å². The fraction of sp³-hybridized carbons (Fsp3) is 0.583. The number of hydrogen-bond donors (Lipinski definition) is 2. The Morgan fingerprint density at radius 2 is 2.11 bits per heavy atom. The number of nitrogen functional groups attached to an aromatic ring is 1. The number of hydrogen-bond acceptors (Lipinski definition) is 5. The molecule has 3 N–H and O–H groups in total. The highest BCUT2D eigenvalue weighted by molar-refractivity contribution is 7.09. The van der Waals surface area contributed by atoms with Gasteiger partial charge in [-0.15, -0.1) is 0 Å². The summed E-state index contributed by atoms with van der Waals surface area (Å²) < 4.78 is 3.98. The Balaban J connectivity index is 2.85. The molecule has 0 spiro atoms. The van der Waals surface area contributed by atoms with Crippen molar-refractivity contribution >= 4 is 29.0 Å². The van der Waals surface area contributed by atoms with Crippen LogP contribution in [-0.2, 0) is 0 Å². The monoisotopic (exact) mass is 284 g/mol. The minimum Gasteiger partial charge on any atom is -0.395 e. The molecule has 7 heteroatoms. The molecule has 0 unspecified atom stereocenters. The highest BCUT2D eigenvalue weighted by atomic mass is 32.1. The van der Waals surface area contributed by atoms with Crippen molar-refractivity contribution in [1.82, 2.24) is 14.6 Å². The summed E-state index contributed by atoms with van der Waals surface area (Å²) in [5.41, 5.74) is 6.15.